The maximum Gasteiger partial charge on any atom is 0.244 e. The molecule has 0 atom stereocenters. The smallest absolute Gasteiger partial charge is 0.207 e. The van der Waals surface area contributed by atoms with E-state index in [0.29, 0.717) is 6.42 Å². The fourth-order valence-electron chi connectivity index (χ4n) is 2.94. The summed E-state index contributed by atoms with van der Waals surface area (Å²) >= 11 is 12.1. The van der Waals surface area contributed by atoms with Crippen molar-refractivity contribution >= 4 is 43.2 Å². The molecule has 2 aromatic rings. The maximum absolute atomic E-state index is 12.9. The Morgan fingerprint density at radius 3 is 1.37 bits per heavy atom. The standard InChI is InChI=1S/C17H18Cl2N2O4S2/c18-14-6-1-3-8-16(14)26(22,23)20-10-5-11-21(13-12-20)27(24,25)17-9-4-2-7-15(17)19/h1-4,6-9H,5,10-13H2. The average Bonchev–Trinajstić information content (AvgIpc) is 2.89. The number of nitrogens with zero attached hydrogens (tertiary/aromatic N) is 2. The lowest BCUT2D eigenvalue weighted by Gasteiger charge is -2.22. The van der Waals surface area contributed by atoms with Crippen LogP contribution in [0.15, 0.2) is 58.3 Å². The average molecular weight is 449 g/mol. The molecule has 1 fully saturated rings. The summed E-state index contributed by atoms with van der Waals surface area (Å²) in [6.07, 6.45) is 0.368. The molecule has 6 nitrogen and oxygen atoms in total. The van der Waals surface area contributed by atoms with Crippen LogP contribution in [0.4, 0.5) is 0 Å². The lowest BCUT2D eigenvalue weighted by molar-refractivity contribution is 0.404. The molecule has 1 aliphatic rings. The number of benzene rings is 2. The lowest BCUT2D eigenvalue weighted by Crippen LogP contribution is -2.37. The molecule has 0 aliphatic carbocycles. The summed E-state index contributed by atoms with van der Waals surface area (Å²) in [5.41, 5.74) is 0. The van der Waals surface area contributed by atoms with Gasteiger partial charge >= 0.3 is 0 Å². The molecular formula is C17H18Cl2N2O4S2. The molecule has 2 aromatic carbocycles. The molecule has 0 spiro atoms. The highest BCUT2D eigenvalue weighted by atomic mass is 35.5. The first-order valence-corrected chi connectivity index (χ1v) is 11.9. The second-order valence-electron chi connectivity index (χ2n) is 6.02. The van der Waals surface area contributed by atoms with Gasteiger partial charge in [-0.1, -0.05) is 47.5 Å². The summed E-state index contributed by atoms with van der Waals surface area (Å²) in [5.74, 6) is 0. The van der Waals surface area contributed by atoms with Crippen molar-refractivity contribution in [3.63, 3.8) is 0 Å². The van der Waals surface area contributed by atoms with Crippen molar-refractivity contribution in [2.24, 2.45) is 0 Å². The zero-order valence-electron chi connectivity index (χ0n) is 14.3. The van der Waals surface area contributed by atoms with E-state index in [2.05, 4.69) is 0 Å². The van der Waals surface area contributed by atoms with E-state index < -0.39 is 20.0 Å². The molecule has 0 radical (unpaired) electrons. The van der Waals surface area contributed by atoms with Crippen LogP contribution in [0.25, 0.3) is 0 Å². The van der Waals surface area contributed by atoms with Crippen LogP contribution in [0, 0.1) is 0 Å². The van der Waals surface area contributed by atoms with Gasteiger partial charge in [-0.15, -0.1) is 0 Å². The molecule has 0 saturated carbocycles. The van der Waals surface area contributed by atoms with E-state index in [-0.39, 0.29) is 46.0 Å². The van der Waals surface area contributed by atoms with Crippen LogP contribution in [0.2, 0.25) is 10.0 Å². The second kappa shape index (κ2) is 8.06. The Hall–Kier alpha value is -1.16. The van der Waals surface area contributed by atoms with E-state index in [1.165, 1.54) is 32.9 Å². The third-order valence-corrected chi connectivity index (χ3v) is 9.12. The second-order valence-corrected chi connectivity index (χ2v) is 10.6. The van der Waals surface area contributed by atoms with E-state index in [9.17, 15) is 16.8 Å². The SMILES string of the molecule is O=S(=O)(c1ccccc1Cl)N1CCCN(S(=O)(=O)c2ccccc2Cl)CC1. The summed E-state index contributed by atoms with van der Waals surface area (Å²) in [5, 5.41) is 0.282. The molecule has 0 bridgehead atoms. The first kappa shape index (κ1) is 20.6. The van der Waals surface area contributed by atoms with E-state index >= 15 is 0 Å². The van der Waals surface area contributed by atoms with Gasteiger partial charge in [0, 0.05) is 26.2 Å². The first-order valence-electron chi connectivity index (χ1n) is 8.24. The minimum atomic E-state index is -3.80. The van der Waals surface area contributed by atoms with Gasteiger partial charge in [0.1, 0.15) is 9.79 Å². The number of halogens is 2. The number of sulfonamides is 2. The lowest BCUT2D eigenvalue weighted by atomic mass is 10.4. The highest BCUT2D eigenvalue weighted by Crippen LogP contribution is 2.28. The van der Waals surface area contributed by atoms with Crippen molar-refractivity contribution in [3.8, 4) is 0 Å². The van der Waals surface area contributed by atoms with Gasteiger partial charge in [-0.2, -0.15) is 8.61 Å². The molecule has 1 aliphatic heterocycles. The normalized spacial score (nSPS) is 17.6. The summed E-state index contributed by atoms with van der Waals surface area (Å²) in [6.45, 7) is 0.499. The summed E-state index contributed by atoms with van der Waals surface area (Å²) in [6, 6.07) is 12.4. The van der Waals surface area contributed by atoms with Crippen LogP contribution in [-0.2, 0) is 20.0 Å². The van der Waals surface area contributed by atoms with Gasteiger partial charge in [0.2, 0.25) is 20.0 Å². The molecule has 27 heavy (non-hydrogen) atoms. The van der Waals surface area contributed by atoms with Gasteiger partial charge in [-0.25, -0.2) is 16.8 Å². The van der Waals surface area contributed by atoms with Crippen molar-refractivity contribution in [1.82, 2.24) is 8.61 Å². The van der Waals surface area contributed by atoms with Crippen LogP contribution >= 0.6 is 23.2 Å². The van der Waals surface area contributed by atoms with Crippen molar-refractivity contribution in [1.29, 1.82) is 0 Å². The van der Waals surface area contributed by atoms with Crippen LogP contribution in [0.3, 0.4) is 0 Å². The Morgan fingerprint density at radius 2 is 1.00 bits per heavy atom. The van der Waals surface area contributed by atoms with Gasteiger partial charge in [0.25, 0.3) is 0 Å². The third-order valence-electron chi connectivity index (χ3n) is 4.32. The van der Waals surface area contributed by atoms with Crippen molar-refractivity contribution in [2.45, 2.75) is 16.2 Å². The maximum atomic E-state index is 12.9. The topological polar surface area (TPSA) is 74.8 Å². The largest absolute Gasteiger partial charge is 0.244 e. The number of hydrogen-bond donors (Lipinski definition) is 0. The van der Waals surface area contributed by atoms with E-state index in [1.54, 1.807) is 24.3 Å². The van der Waals surface area contributed by atoms with Gasteiger partial charge in [0.15, 0.2) is 0 Å². The monoisotopic (exact) mass is 448 g/mol. The molecule has 0 unspecified atom stereocenters. The highest BCUT2D eigenvalue weighted by molar-refractivity contribution is 7.89. The Balaban J connectivity index is 1.84. The van der Waals surface area contributed by atoms with Crippen molar-refractivity contribution in [3.05, 3.63) is 58.6 Å². The van der Waals surface area contributed by atoms with Crippen LogP contribution in [0.1, 0.15) is 6.42 Å². The van der Waals surface area contributed by atoms with Gasteiger partial charge in [-0.05, 0) is 30.7 Å². The Morgan fingerprint density at radius 1 is 0.630 bits per heavy atom. The predicted octanol–water partition coefficient (Wildman–Crippen LogP) is 3.08. The molecule has 0 N–H and O–H groups in total. The Bertz CT molecular complexity index is 959. The molecule has 1 saturated heterocycles. The van der Waals surface area contributed by atoms with E-state index in [1.807, 2.05) is 0 Å². The molecule has 0 aromatic heterocycles. The molecular weight excluding hydrogens is 431 g/mol. The predicted molar refractivity (Wildman–Crippen MR) is 105 cm³/mol. The van der Waals surface area contributed by atoms with Gasteiger partial charge in [0.05, 0.1) is 10.0 Å². The number of hydrogen-bond acceptors (Lipinski definition) is 4. The molecule has 10 heteroatoms. The van der Waals surface area contributed by atoms with Crippen molar-refractivity contribution < 1.29 is 16.8 Å². The zero-order valence-corrected chi connectivity index (χ0v) is 17.4. The summed E-state index contributed by atoms with van der Waals surface area (Å²) < 4.78 is 54.1. The fourth-order valence-corrected chi connectivity index (χ4v) is 6.86. The van der Waals surface area contributed by atoms with Crippen LogP contribution in [0.5, 0.6) is 0 Å². The minimum Gasteiger partial charge on any atom is -0.207 e. The minimum absolute atomic E-state index is 0.0223. The van der Waals surface area contributed by atoms with E-state index in [4.69, 9.17) is 23.2 Å². The first-order chi connectivity index (χ1) is 12.7. The molecule has 3 rings (SSSR count). The van der Waals surface area contributed by atoms with Crippen molar-refractivity contribution in [2.75, 3.05) is 26.2 Å². The zero-order chi connectivity index (χ0) is 19.7. The summed E-state index contributed by atoms with van der Waals surface area (Å²) in [4.78, 5) is 0.0446. The van der Waals surface area contributed by atoms with E-state index in [0.717, 1.165) is 0 Å². The summed E-state index contributed by atoms with van der Waals surface area (Å²) in [7, 11) is -7.61. The van der Waals surface area contributed by atoms with Crippen LogP contribution < -0.4 is 0 Å². The third kappa shape index (κ3) is 4.16. The van der Waals surface area contributed by atoms with Gasteiger partial charge in [-0.3, -0.25) is 0 Å². The Labute approximate surface area is 169 Å². The highest BCUT2D eigenvalue weighted by Gasteiger charge is 2.33. The Kier molecular flexibility index (Phi) is 6.14. The van der Waals surface area contributed by atoms with Gasteiger partial charge < -0.3 is 0 Å². The van der Waals surface area contributed by atoms with Crippen LogP contribution in [-0.4, -0.2) is 51.6 Å². The quantitative estimate of drug-likeness (QED) is 0.719. The molecule has 146 valence electrons. The molecule has 1 heterocycles. The molecule has 0 amide bonds. The fraction of sp³-hybridized carbons (Fsp3) is 0.294. The number of rotatable bonds is 4.